The van der Waals surface area contributed by atoms with E-state index in [9.17, 15) is 4.79 Å². The number of carbonyl (C=O) groups is 1. The summed E-state index contributed by atoms with van der Waals surface area (Å²) in [5.74, 6) is 0.0799. The van der Waals surface area contributed by atoms with Crippen LogP contribution in [-0.2, 0) is 9.53 Å². The molecular formula is C13H18ClNO2. The summed E-state index contributed by atoms with van der Waals surface area (Å²) in [6.07, 6.45) is 0. The Morgan fingerprint density at radius 2 is 1.94 bits per heavy atom. The van der Waals surface area contributed by atoms with Gasteiger partial charge in [-0.3, -0.25) is 4.79 Å². The van der Waals surface area contributed by atoms with Crippen LogP contribution in [-0.4, -0.2) is 26.2 Å². The number of nitrogens with one attached hydrogen (secondary N) is 1. The lowest BCUT2D eigenvalue weighted by atomic mass is 9.88. The number of esters is 1. The zero-order chi connectivity index (χ0) is 11.5. The zero-order valence-electron chi connectivity index (χ0n) is 10.1. The number of ether oxygens (including phenoxy) is 1. The van der Waals surface area contributed by atoms with Gasteiger partial charge in [-0.25, -0.2) is 0 Å². The molecule has 2 atom stereocenters. The SMILES string of the molecule is COC(=O)C1CNCC1c1ccc(C)cc1.Cl. The molecule has 0 bridgehead atoms. The van der Waals surface area contributed by atoms with Crippen molar-refractivity contribution in [2.24, 2.45) is 5.92 Å². The van der Waals surface area contributed by atoms with Gasteiger partial charge < -0.3 is 10.1 Å². The number of hydrogen-bond donors (Lipinski definition) is 1. The van der Waals surface area contributed by atoms with Crippen molar-refractivity contribution in [1.29, 1.82) is 0 Å². The summed E-state index contributed by atoms with van der Waals surface area (Å²) in [6.45, 7) is 3.63. The molecule has 17 heavy (non-hydrogen) atoms. The Kier molecular flexibility index (Phi) is 4.97. The predicted molar refractivity (Wildman–Crippen MR) is 69.5 cm³/mol. The highest BCUT2D eigenvalue weighted by Crippen LogP contribution is 2.29. The lowest BCUT2D eigenvalue weighted by Crippen LogP contribution is -2.22. The molecule has 3 nitrogen and oxygen atoms in total. The molecule has 0 amide bonds. The third-order valence-electron chi connectivity index (χ3n) is 3.22. The molecule has 0 aromatic heterocycles. The van der Waals surface area contributed by atoms with Crippen LogP contribution >= 0.6 is 12.4 Å². The minimum absolute atomic E-state index is 0. The molecule has 1 aliphatic heterocycles. The van der Waals surface area contributed by atoms with Crippen LogP contribution < -0.4 is 5.32 Å². The molecule has 0 aliphatic carbocycles. The van der Waals surface area contributed by atoms with Crippen LogP contribution in [0.4, 0.5) is 0 Å². The Balaban J connectivity index is 0.00000144. The largest absolute Gasteiger partial charge is 0.469 e. The molecule has 1 fully saturated rings. The lowest BCUT2D eigenvalue weighted by molar-refractivity contribution is -0.145. The van der Waals surface area contributed by atoms with Gasteiger partial charge in [0.2, 0.25) is 0 Å². The van der Waals surface area contributed by atoms with Crippen LogP contribution in [0.25, 0.3) is 0 Å². The van der Waals surface area contributed by atoms with Crippen molar-refractivity contribution in [3.8, 4) is 0 Å². The Hall–Kier alpha value is -1.06. The molecule has 1 aromatic carbocycles. The summed E-state index contributed by atoms with van der Waals surface area (Å²) in [5.41, 5.74) is 2.45. The van der Waals surface area contributed by atoms with E-state index < -0.39 is 0 Å². The van der Waals surface area contributed by atoms with E-state index in [0.29, 0.717) is 6.54 Å². The first-order valence-electron chi connectivity index (χ1n) is 5.57. The number of benzene rings is 1. The minimum atomic E-state index is -0.115. The Morgan fingerprint density at radius 1 is 1.29 bits per heavy atom. The molecule has 1 aromatic rings. The van der Waals surface area contributed by atoms with Crippen LogP contribution in [0.2, 0.25) is 0 Å². The molecule has 1 heterocycles. The van der Waals surface area contributed by atoms with E-state index >= 15 is 0 Å². The molecule has 0 saturated carbocycles. The zero-order valence-corrected chi connectivity index (χ0v) is 10.9. The molecule has 4 heteroatoms. The van der Waals surface area contributed by atoms with Crippen molar-refractivity contribution in [3.63, 3.8) is 0 Å². The average Bonchev–Trinajstić information content (AvgIpc) is 2.78. The average molecular weight is 256 g/mol. The van der Waals surface area contributed by atoms with Crippen molar-refractivity contribution < 1.29 is 9.53 Å². The molecule has 1 aliphatic rings. The third kappa shape index (κ3) is 2.99. The highest BCUT2D eigenvalue weighted by Gasteiger charge is 2.34. The molecule has 0 radical (unpaired) electrons. The minimum Gasteiger partial charge on any atom is -0.469 e. The quantitative estimate of drug-likeness (QED) is 0.821. The van der Waals surface area contributed by atoms with Crippen LogP contribution in [0.15, 0.2) is 24.3 Å². The van der Waals surface area contributed by atoms with Crippen LogP contribution in [0.3, 0.4) is 0 Å². The van der Waals surface area contributed by atoms with Crippen molar-refractivity contribution in [3.05, 3.63) is 35.4 Å². The van der Waals surface area contributed by atoms with Gasteiger partial charge in [0.15, 0.2) is 0 Å². The first kappa shape index (κ1) is 14.0. The van der Waals surface area contributed by atoms with E-state index in [1.54, 1.807) is 0 Å². The van der Waals surface area contributed by atoms with Gasteiger partial charge in [-0.15, -0.1) is 12.4 Å². The maximum atomic E-state index is 11.6. The molecule has 1 saturated heterocycles. The van der Waals surface area contributed by atoms with Gasteiger partial charge in [0.25, 0.3) is 0 Å². The van der Waals surface area contributed by atoms with Crippen molar-refractivity contribution >= 4 is 18.4 Å². The number of methoxy groups -OCH3 is 1. The molecule has 1 N–H and O–H groups in total. The Labute approximate surface area is 108 Å². The number of halogens is 1. The summed E-state index contributed by atoms with van der Waals surface area (Å²) in [7, 11) is 1.45. The maximum Gasteiger partial charge on any atom is 0.310 e. The van der Waals surface area contributed by atoms with E-state index in [2.05, 4.69) is 36.5 Å². The van der Waals surface area contributed by atoms with E-state index in [4.69, 9.17) is 4.74 Å². The standard InChI is InChI=1S/C13H17NO2.ClH/c1-9-3-5-10(6-4-9)11-7-14-8-12(11)13(15)16-2;/h3-6,11-12,14H,7-8H2,1-2H3;1H. The van der Waals surface area contributed by atoms with E-state index in [1.807, 2.05) is 0 Å². The van der Waals surface area contributed by atoms with Gasteiger partial charge in [-0.1, -0.05) is 29.8 Å². The fraction of sp³-hybridized carbons (Fsp3) is 0.462. The number of carbonyl (C=O) groups excluding carboxylic acids is 1. The van der Waals surface area contributed by atoms with Gasteiger partial charge in [0.05, 0.1) is 13.0 Å². The highest BCUT2D eigenvalue weighted by atomic mass is 35.5. The number of aryl methyl sites for hydroxylation is 1. The summed E-state index contributed by atoms with van der Waals surface area (Å²) in [4.78, 5) is 11.6. The van der Waals surface area contributed by atoms with Crippen LogP contribution in [0, 0.1) is 12.8 Å². The molecule has 2 unspecified atom stereocenters. The second-order valence-electron chi connectivity index (χ2n) is 4.31. The fourth-order valence-corrected chi connectivity index (χ4v) is 2.24. The van der Waals surface area contributed by atoms with Crippen LogP contribution in [0.1, 0.15) is 17.0 Å². The monoisotopic (exact) mass is 255 g/mol. The second-order valence-corrected chi connectivity index (χ2v) is 4.31. The molecular weight excluding hydrogens is 238 g/mol. The predicted octanol–water partition coefficient (Wildman–Crippen LogP) is 1.89. The van der Waals surface area contributed by atoms with Crippen molar-refractivity contribution in [1.82, 2.24) is 5.32 Å². The first-order chi connectivity index (χ1) is 7.72. The van der Waals surface area contributed by atoms with Crippen molar-refractivity contribution in [2.45, 2.75) is 12.8 Å². The number of rotatable bonds is 2. The van der Waals surface area contributed by atoms with Gasteiger partial charge in [-0.05, 0) is 12.5 Å². The summed E-state index contributed by atoms with van der Waals surface area (Å²) < 4.78 is 4.83. The Bertz CT molecular complexity index is 378. The lowest BCUT2D eigenvalue weighted by Gasteiger charge is -2.16. The summed E-state index contributed by atoms with van der Waals surface area (Å²) in [5, 5.41) is 3.25. The normalized spacial score (nSPS) is 22.9. The molecule has 2 rings (SSSR count). The summed E-state index contributed by atoms with van der Waals surface area (Å²) in [6, 6.07) is 8.37. The van der Waals surface area contributed by atoms with E-state index in [-0.39, 0.29) is 30.2 Å². The van der Waals surface area contributed by atoms with E-state index in [0.717, 1.165) is 6.54 Å². The number of hydrogen-bond acceptors (Lipinski definition) is 3. The van der Waals surface area contributed by atoms with Gasteiger partial charge in [0, 0.05) is 19.0 Å². The Morgan fingerprint density at radius 3 is 2.53 bits per heavy atom. The smallest absolute Gasteiger partial charge is 0.310 e. The highest BCUT2D eigenvalue weighted by molar-refractivity contribution is 5.85. The maximum absolute atomic E-state index is 11.6. The third-order valence-corrected chi connectivity index (χ3v) is 3.22. The topological polar surface area (TPSA) is 38.3 Å². The van der Waals surface area contributed by atoms with Gasteiger partial charge >= 0.3 is 5.97 Å². The fourth-order valence-electron chi connectivity index (χ4n) is 2.24. The van der Waals surface area contributed by atoms with Gasteiger partial charge in [-0.2, -0.15) is 0 Å². The van der Waals surface area contributed by atoms with Gasteiger partial charge in [0.1, 0.15) is 0 Å². The van der Waals surface area contributed by atoms with Crippen LogP contribution in [0.5, 0.6) is 0 Å². The van der Waals surface area contributed by atoms with Crippen molar-refractivity contribution in [2.75, 3.05) is 20.2 Å². The van der Waals surface area contributed by atoms with E-state index in [1.165, 1.54) is 18.2 Å². The molecule has 94 valence electrons. The second kappa shape index (κ2) is 6.03. The first-order valence-corrected chi connectivity index (χ1v) is 5.57. The summed E-state index contributed by atoms with van der Waals surface area (Å²) >= 11 is 0. The molecule has 0 spiro atoms.